The molecule has 3 saturated carbocycles. The molecule has 3 fully saturated rings. The van der Waals surface area contributed by atoms with E-state index in [0.717, 1.165) is 12.8 Å². The quantitative estimate of drug-likeness (QED) is 0.722. The van der Waals surface area contributed by atoms with E-state index in [4.69, 9.17) is 4.84 Å². The predicted octanol–water partition coefficient (Wildman–Crippen LogP) is 2.02. The zero-order valence-corrected chi connectivity index (χ0v) is 9.08. The molecule has 3 heteroatoms. The van der Waals surface area contributed by atoms with Crippen molar-refractivity contribution >= 4 is 5.91 Å². The second kappa shape index (κ2) is 3.78. The monoisotopic (exact) mass is 209 g/mol. The molecular formula is C12H19NO2. The van der Waals surface area contributed by atoms with E-state index in [2.05, 4.69) is 5.48 Å². The van der Waals surface area contributed by atoms with Crippen LogP contribution >= 0.6 is 0 Å². The molecule has 0 aliphatic heterocycles. The smallest absolute Gasteiger partial charge is 0.247 e. The van der Waals surface area contributed by atoms with Gasteiger partial charge in [0.2, 0.25) is 5.91 Å². The van der Waals surface area contributed by atoms with Crippen LogP contribution in [0.5, 0.6) is 0 Å². The van der Waals surface area contributed by atoms with Crippen molar-refractivity contribution in [3.8, 4) is 0 Å². The summed E-state index contributed by atoms with van der Waals surface area (Å²) in [5, 5.41) is 0. The summed E-state index contributed by atoms with van der Waals surface area (Å²) in [6.07, 6.45) is 8.83. The highest BCUT2D eigenvalue weighted by Crippen LogP contribution is 2.57. The van der Waals surface area contributed by atoms with E-state index in [1.807, 2.05) is 0 Å². The molecule has 0 radical (unpaired) electrons. The summed E-state index contributed by atoms with van der Waals surface area (Å²) >= 11 is 0. The van der Waals surface area contributed by atoms with Gasteiger partial charge in [-0.25, -0.2) is 5.48 Å². The van der Waals surface area contributed by atoms with Crippen LogP contribution in [0.25, 0.3) is 0 Å². The Morgan fingerprint density at radius 3 is 2.33 bits per heavy atom. The SMILES string of the molecule is O=C(NOC1CCCC1)C1C2CCCC21. The average Bonchev–Trinajstić information content (AvgIpc) is 2.72. The van der Waals surface area contributed by atoms with Crippen LogP contribution in [-0.2, 0) is 9.63 Å². The molecule has 0 aromatic rings. The zero-order chi connectivity index (χ0) is 10.3. The van der Waals surface area contributed by atoms with Gasteiger partial charge in [-0.05, 0) is 37.5 Å². The van der Waals surface area contributed by atoms with Crippen LogP contribution in [-0.4, -0.2) is 12.0 Å². The van der Waals surface area contributed by atoms with Crippen molar-refractivity contribution in [1.82, 2.24) is 5.48 Å². The number of carbonyl (C=O) groups is 1. The molecule has 1 amide bonds. The lowest BCUT2D eigenvalue weighted by atomic mass is 10.1. The molecule has 3 aliphatic carbocycles. The van der Waals surface area contributed by atoms with Crippen LogP contribution in [0.1, 0.15) is 44.9 Å². The van der Waals surface area contributed by atoms with E-state index in [1.165, 1.54) is 32.1 Å². The number of amides is 1. The molecule has 3 aliphatic rings. The van der Waals surface area contributed by atoms with E-state index in [0.29, 0.717) is 17.8 Å². The van der Waals surface area contributed by atoms with E-state index in [1.54, 1.807) is 0 Å². The lowest BCUT2D eigenvalue weighted by molar-refractivity contribution is -0.140. The van der Waals surface area contributed by atoms with Crippen molar-refractivity contribution in [3.63, 3.8) is 0 Å². The standard InChI is InChI=1S/C12H19NO2/c14-12(11-9-6-3-7-10(9)11)13-15-8-4-1-2-5-8/h8-11H,1-7H2,(H,13,14). The van der Waals surface area contributed by atoms with E-state index >= 15 is 0 Å². The van der Waals surface area contributed by atoms with Crippen molar-refractivity contribution in [3.05, 3.63) is 0 Å². The van der Waals surface area contributed by atoms with Crippen LogP contribution in [0.4, 0.5) is 0 Å². The molecule has 84 valence electrons. The van der Waals surface area contributed by atoms with Gasteiger partial charge in [0, 0.05) is 5.92 Å². The van der Waals surface area contributed by atoms with Gasteiger partial charge in [-0.1, -0.05) is 19.3 Å². The van der Waals surface area contributed by atoms with Crippen LogP contribution < -0.4 is 5.48 Å². The third-order valence-corrected chi connectivity index (χ3v) is 4.34. The number of carbonyl (C=O) groups excluding carboxylic acids is 1. The third-order valence-electron chi connectivity index (χ3n) is 4.34. The summed E-state index contributed by atoms with van der Waals surface area (Å²) < 4.78 is 0. The van der Waals surface area contributed by atoms with Gasteiger partial charge in [-0.15, -0.1) is 0 Å². The number of hydroxylamine groups is 1. The van der Waals surface area contributed by atoms with Crippen molar-refractivity contribution < 1.29 is 9.63 Å². The summed E-state index contributed by atoms with van der Waals surface area (Å²) in [7, 11) is 0. The normalized spacial score (nSPS) is 39.1. The Kier molecular flexibility index (Phi) is 2.43. The van der Waals surface area contributed by atoms with Gasteiger partial charge in [0.15, 0.2) is 0 Å². The Hall–Kier alpha value is -0.570. The van der Waals surface area contributed by atoms with E-state index < -0.39 is 0 Å². The van der Waals surface area contributed by atoms with Gasteiger partial charge < -0.3 is 0 Å². The first-order valence-corrected chi connectivity index (χ1v) is 6.32. The second-order valence-corrected chi connectivity index (χ2v) is 5.28. The third kappa shape index (κ3) is 1.78. The summed E-state index contributed by atoms with van der Waals surface area (Å²) in [5.74, 6) is 1.83. The molecule has 3 rings (SSSR count). The molecular weight excluding hydrogens is 190 g/mol. The molecule has 0 aromatic carbocycles. The molecule has 0 spiro atoms. The molecule has 2 atom stereocenters. The number of hydrogen-bond acceptors (Lipinski definition) is 2. The Morgan fingerprint density at radius 1 is 1.00 bits per heavy atom. The lowest BCUT2D eigenvalue weighted by Gasteiger charge is -2.11. The fourth-order valence-corrected chi connectivity index (χ4v) is 3.43. The Morgan fingerprint density at radius 2 is 1.67 bits per heavy atom. The zero-order valence-electron chi connectivity index (χ0n) is 9.08. The predicted molar refractivity (Wildman–Crippen MR) is 55.8 cm³/mol. The highest BCUT2D eigenvalue weighted by molar-refractivity contribution is 5.81. The summed E-state index contributed by atoms with van der Waals surface area (Å²) in [6, 6.07) is 0. The molecule has 3 nitrogen and oxygen atoms in total. The highest BCUT2D eigenvalue weighted by Gasteiger charge is 2.56. The molecule has 1 N–H and O–H groups in total. The maximum absolute atomic E-state index is 11.7. The fraction of sp³-hybridized carbons (Fsp3) is 0.917. The minimum Gasteiger partial charge on any atom is -0.272 e. The van der Waals surface area contributed by atoms with Crippen LogP contribution in [0.2, 0.25) is 0 Å². The second-order valence-electron chi connectivity index (χ2n) is 5.28. The maximum Gasteiger partial charge on any atom is 0.247 e. The van der Waals surface area contributed by atoms with Crippen molar-refractivity contribution in [2.45, 2.75) is 51.0 Å². The van der Waals surface area contributed by atoms with Gasteiger partial charge in [0.25, 0.3) is 0 Å². The van der Waals surface area contributed by atoms with E-state index in [9.17, 15) is 4.79 Å². The van der Waals surface area contributed by atoms with Gasteiger partial charge in [-0.3, -0.25) is 9.63 Å². The fourth-order valence-electron chi connectivity index (χ4n) is 3.43. The molecule has 0 aromatic heterocycles. The first kappa shape index (κ1) is 9.64. The van der Waals surface area contributed by atoms with Crippen molar-refractivity contribution in [2.75, 3.05) is 0 Å². The molecule has 0 saturated heterocycles. The first-order chi connectivity index (χ1) is 7.36. The number of hydrogen-bond donors (Lipinski definition) is 1. The molecule has 0 heterocycles. The van der Waals surface area contributed by atoms with Gasteiger partial charge >= 0.3 is 0 Å². The Labute approximate surface area is 90.5 Å². The van der Waals surface area contributed by atoms with Gasteiger partial charge in [0.1, 0.15) is 0 Å². The van der Waals surface area contributed by atoms with E-state index in [-0.39, 0.29) is 12.0 Å². The van der Waals surface area contributed by atoms with Crippen molar-refractivity contribution in [1.29, 1.82) is 0 Å². The maximum atomic E-state index is 11.7. The van der Waals surface area contributed by atoms with Crippen LogP contribution in [0.15, 0.2) is 0 Å². The minimum absolute atomic E-state index is 0.150. The number of fused-ring (bicyclic) bond motifs is 1. The number of nitrogens with one attached hydrogen (secondary N) is 1. The van der Waals surface area contributed by atoms with Crippen molar-refractivity contribution in [2.24, 2.45) is 17.8 Å². The molecule has 0 bridgehead atoms. The lowest BCUT2D eigenvalue weighted by Crippen LogP contribution is -2.30. The molecule has 2 unspecified atom stereocenters. The summed E-state index contributed by atoms with van der Waals surface area (Å²) in [6.45, 7) is 0. The highest BCUT2D eigenvalue weighted by atomic mass is 16.7. The number of rotatable bonds is 3. The van der Waals surface area contributed by atoms with Crippen LogP contribution in [0, 0.1) is 17.8 Å². The summed E-state index contributed by atoms with van der Waals surface area (Å²) in [4.78, 5) is 17.2. The molecule has 15 heavy (non-hydrogen) atoms. The minimum atomic E-state index is 0.150. The van der Waals surface area contributed by atoms with Gasteiger partial charge in [0.05, 0.1) is 6.10 Å². The Bertz CT molecular complexity index is 250. The Balaban J connectivity index is 1.42. The average molecular weight is 209 g/mol. The van der Waals surface area contributed by atoms with Gasteiger partial charge in [-0.2, -0.15) is 0 Å². The van der Waals surface area contributed by atoms with Crippen LogP contribution in [0.3, 0.4) is 0 Å². The summed E-state index contributed by atoms with van der Waals surface area (Å²) in [5.41, 5.74) is 2.68. The largest absolute Gasteiger partial charge is 0.272 e. The topological polar surface area (TPSA) is 38.3 Å². The first-order valence-electron chi connectivity index (χ1n) is 6.32.